The summed E-state index contributed by atoms with van der Waals surface area (Å²) in [6.07, 6.45) is 4.30. The van der Waals surface area contributed by atoms with Crippen LogP contribution in [0.3, 0.4) is 0 Å². The van der Waals surface area contributed by atoms with Gasteiger partial charge in [-0.3, -0.25) is 4.79 Å². The van der Waals surface area contributed by atoms with Crippen LogP contribution >= 0.6 is 11.8 Å². The maximum Gasteiger partial charge on any atom is 0.230 e. The second-order valence-electron chi connectivity index (χ2n) is 6.10. The maximum atomic E-state index is 13.8. The highest BCUT2D eigenvalue weighted by atomic mass is 32.2. The molecule has 1 N–H and O–H groups in total. The minimum atomic E-state index is -0.664. The van der Waals surface area contributed by atoms with E-state index in [0.29, 0.717) is 0 Å². The van der Waals surface area contributed by atoms with E-state index in [4.69, 9.17) is 0 Å². The van der Waals surface area contributed by atoms with E-state index in [2.05, 4.69) is 20.1 Å². The number of aryl methyl sites for hydroxylation is 1. The Labute approximate surface area is 149 Å². The molecule has 1 aliphatic heterocycles. The first-order valence-electron chi connectivity index (χ1n) is 8.34. The van der Waals surface area contributed by atoms with Crippen LogP contribution in [0.15, 0.2) is 23.4 Å². The lowest BCUT2D eigenvalue weighted by Crippen LogP contribution is -2.28. The van der Waals surface area contributed by atoms with E-state index in [0.717, 1.165) is 42.9 Å². The number of nitrogens with zero attached hydrogens (tertiary/aromatic N) is 3. The van der Waals surface area contributed by atoms with Crippen molar-refractivity contribution >= 4 is 17.7 Å². The first kappa shape index (κ1) is 17.8. The third-order valence-corrected chi connectivity index (χ3v) is 5.18. The molecule has 0 unspecified atom stereocenters. The lowest BCUT2D eigenvalue weighted by Gasteiger charge is -2.15. The average Bonchev–Trinajstić information content (AvgIpc) is 2.79. The van der Waals surface area contributed by atoms with Gasteiger partial charge in [0.1, 0.15) is 17.5 Å². The highest BCUT2D eigenvalue weighted by molar-refractivity contribution is 7.99. The summed E-state index contributed by atoms with van der Waals surface area (Å²) in [5.41, 5.74) is 0.260. The minimum Gasteiger partial charge on any atom is -0.349 e. The van der Waals surface area contributed by atoms with Gasteiger partial charge in [-0.1, -0.05) is 24.2 Å². The summed E-state index contributed by atoms with van der Waals surface area (Å²) in [4.78, 5) is 12.2. The zero-order chi connectivity index (χ0) is 17.8. The van der Waals surface area contributed by atoms with Crippen molar-refractivity contribution in [1.82, 2.24) is 20.1 Å². The Kier molecular flexibility index (Phi) is 5.67. The number of amides is 1. The molecule has 2 aromatic rings. The van der Waals surface area contributed by atoms with Crippen LogP contribution < -0.4 is 5.32 Å². The highest BCUT2D eigenvalue weighted by Crippen LogP contribution is 2.22. The van der Waals surface area contributed by atoms with Crippen molar-refractivity contribution in [3.8, 4) is 0 Å². The lowest BCUT2D eigenvalue weighted by molar-refractivity contribution is -0.119. The summed E-state index contributed by atoms with van der Waals surface area (Å²) in [7, 11) is 0. The van der Waals surface area contributed by atoms with E-state index in [1.807, 2.05) is 0 Å². The molecule has 1 atom stereocenters. The summed E-state index contributed by atoms with van der Waals surface area (Å²) >= 11 is 1.33. The minimum absolute atomic E-state index is 0.172. The SMILES string of the molecule is C[C@H](NC(=O)CSc1nnc2n1CCCCC2)c1ccc(F)cc1F. The summed E-state index contributed by atoms with van der Waals surface area (Å²) in [6.45, 7) is 2.55. The predicted octanol–water partition coefficient (Wildman–Crippen LogP) is 3.25. The van der Waals surface area contributed by atoms with Crippen LogP contribution in [0.1, 0.15) is 43.6 Å². The monoisotopic (exact) mass is 366 g/mol. The number of carbonyl (C=O) groups excluding carboxylic acids is 1. The molecule has 0 fully saturated rings. The number of fused-ring (bicyclic) bond motifs is 1. The van der Waals surface area contributed by atoms with Crippen LogP contribution in [0.25, 0.3) is 0 Å². The summed E-state index contributed by atoms with van der Waals surface area (Å²) < 4.78 is 28.8. The van der Waals surface area contributed by atoms with Crippen molar-refractivity contribution in [2.45, 2.75) is 50.4 Å². The number of halogens is 2. The Bertz CT molecular complexity index is 765. The predicted molar refractivity (Wildman–Crippen MR) is 91.2 cm³/mol. The molecule has 2 heterocycles. The molecule has 0 bridgehead atoms. The van der Waals surface area contributed by atoms with Crippen molar-refractivity contribution in [2.75, 3.05) is 5.75 Å². The normalized spacial score (nSPS) is 15.3. The number of rotatable bonds is 5. The molecular formula is C17H20F2N4OS. The number of benzene rings is 1. The van der Waals surface area contributed by atoms with Gasteiger partial charge in [0.05, 0.1) is 11.8 Å². The van der Waals surface area contributed by atoms with Crippen LogP contribution in [0.5, 0.6) is 0 Å². The first-order chi connectivity index (χ1) is 12.0. The zero-order valence-electron chi connectivity index (χ0n) is 14.0. The molecule has 1 aromatic carbocycles. The Morgan fingerprint density at radius 2 is 2.16 bits per heavy atom. The molecule has 0 spiro atoms. The molecule has 1 amide bonds. The third-order valence-electron chi connectivity index (χ3n) is 4.21. The third kappa shape index (κ3) is 4.36. The molecular weight excluding hydrogens is 346 g/mol. The second-order valence-corrected chi connectivity index (χ2v) is 7.05. The Hall–Kier alpha value is -1.96. The van der Waals surface area contributed by atoms with Gasteiger partial charge in [-0.2, -0.15) is 0 Å². The van der Waals surface area contributed by atoms with E-state index >= 15 is 0 Å². The van der Waals surface area contributed by atoms with Gasteiger partial charge >= 0.3 is 0 Å². The first-order valence-corrected chi connectivity index (χ1v) is 9.32. The molecule has 25 heavy (non-hydrogen) atoms. The van der Waals surface area contributed by atoms with E-state index in [9.17, 15) is 13.6 Å². The number of thioether (sulfide) groups is 1. The van der Waals surface area contributed by atoms with Gasteiger partial charge in [-0.05, 0) is 25.8 Å². The topological polar surface area (TPSA) is 59.8 Å². The van der Waals surface area contributed by atoms with Crippen LogP contribution in [-0.2, 0) is 17.8 Å². The van der Waals surface area contributed by atoms with Gasteiger partial charge in [0, 0.05) is 24.6 Å². The van der Waals surface area contributed by atoms with E-state index in [-0.39, 0.29) is 17.2 Å². The fourth-order valence-electron chi connectivity index (χ4n) is 2.91. The van der Waals surface area contributed by atoms with Crippen LogP contribution in [0.4, 0.5) is 8.78 Å². The van der Waals surface area contributed by atoms with Gasteiger partial charge in [-0.25, -0.2) is 8.78 Å². The fourth-order valence-corrected chi connectivity index (χ4v) is 3.70. The highest BCUT2D eigenvalue weighted by Gasteiger charge is 2.18. The number of carbonyl (C=O) groups is 1. The number of aromatic nitrogens is 3. The standard InChI is InChI=1S/C17H20F2N4OS/c1-11(13-7-6-12(18)9-14(13)19)20-16(24)10-25-17-22-21-15-5-3-2-4-8-23(15)17/h6-7,9,11H,2-5,8,10H2,1H3,(H,20,24)/t11-/m0/s1. The molecule has 1 aliphatic rings. The van der Waals surface area contributed by atoms with Gasteiger partial charge < -0.3 is 9.88 Å². The quantitative estimate of drug-likeness (QED) is 0.826. The maximum absolute atomic E-state index is 13.8. The molecule has 0 saturated carbocycles. The molecule has 8 heteroatoms. The van der Waals surface area contributed by atoms with E-state index in [1.54, 1.807) is 6.92 Å². The molecule has 1 aromatic heterocycles. The number of nitrogens with one attached hydrogen (secondary N) is 1. The fraction of sp³-hybridized carbons (Fsp3) is 0.471. The van der Waals surface area contributed by atoms with E-state index in [1.165, 1.54) is 30.3 Å². The Balaban J connectivity index is 1.57. The van der Waals surface area contributed by atoms with Crippen LogP contribution in [-0.4, -0.2) is 26.4 Å². The molecule has 134 valence electrons. The van der Waals surface area contributed by atoms with E-state index < -0.39 is 17.7 Å². The van der Waals surface area contributed by atoms with Crippen molar-refractivity contribution in [2.24, 2.45) is 0 Å². The largest absolute Gasteiger partial charge is 0.349 e. The molecule has 0 saturated heterocycles. The summed E-state index contributed by atoms with van der Waals surface area (Å²) in [5.74, 6) is -0.383. The average molecular weight is 366 g/mol. The van der Waals surface area contributed by atoms with Gasteiger partial charge in [-0.15, -0.1) is 10.2 Å². The van der Waals surface area contributed by atoms with Gasteiger partial charge in [0.25, 0.3) is 0 Å². The number of hydrogen-bond acceptors (Lipinski definition) is 4. The van der Waals surface area contributed by atoms with Crippen molar-refractivity contribution in [1.29, 1.82) is 0 Å². The van der Waals surface area contributed by atoms with Crippen molar-refractivity contribution in [3.05, 3.63) is 41.2 Å². The lowest BCUT2D eigenvalue weighted by atomic mass is 10.1. The van der Waals surface area contributed by atoms with Crippen LogP contribution in [0.2, 0.25) is 0 Å². The van der Waals surface area contributed by atoms with Gasteiger partial charge in [0.15, 0.2) is 5.16 Å². The summed E-state index contributed by atoms with van der Waals surface area (Å²) in [6, 6.07) is 2.81. The molecule has 3 rings (SSSR count). The zero-order valence-corrected chi connectivity index (χ0v) is 14.8. The molecule has 0 radical (unpaired) electrons. The smallest absolute Gasteiger partial charge is 0.230 e. The molecule has 5 nitrogen and oxygen atoms in total. The van der Waals surface area contributed by atoms with Crippen molar-refractivity contribution < 1.29 is 13.6 Å². The second kappa shape index (κ2) is 7.95. The Morgan fingerprint density at radius 3 is 2.96 bits per heavy atom. The van der Waals surface area contributed by atoms with Gasteiger partial charge in [0.2, 0.25) is 5.91 Å². The number of hydrogen-bond donors (Lipinski definition) is 1. The summed E-state index contributed by atoms with van der Waals surface area (Å²) in [5, 5.41) is 11.8. The molecule has 0 aliphatic carbocycles. The Morgan fingerprint density at radius 1 is 1.32 bits per heavy atom. The van der Waals surface area contributed by atoms with Crippen molar-refractivity contribution in [3.63, 3.8) is 0 Å². The van der Waals surface area contributed by atoms with Crippen LogP contribution in [0, 0.1) is 11.6 Å².